The molecule has 1 fully saturated rings. The van der Waals surface area contributed by atoms with Gasteiger partial charge in [0.2, 0.25) is 0 Å². The number of rotatable bonds is 3. The molecule has 1 saturated heterocycles. The smallest absolute Gasteiger partial charge is 0.353 e. The van der Waals surface area contributed by atoms with Gasteiger partial charge in [-0.15, -0.1) is 0 Å². The van der Waals surface area contributed by atoms with Crippen LogP contribution < -0.4 is 4.90 Å². The average molecular weight is 482 g/mol. The van der Waals surface area contributed by atoms with Crippen LogP contribution in [0.25, 0.3) is 0 Å². The van der Waals surface area contributed by atoms with E-state index in [0.29, 0.717) is 18.9 Å². The van der Waals surface area contributed by atoms with Crippen LogP contribution in [0.3, 0.4) is 0 Å². The van der Waals surface area contributed by atoms with Gasteiger partial charge >= 0.3 is 6.18 Å². The molecule has 0 atom stereocenters. The van der Waals surface area contributed by atoms with Crippen molar-refractivity contribution >= 4 is 27.7 Å². The highest BCUT2D eigenvalue weighted by molar-refractivity contribution is 7.90. The minimum Gasteiger partial charge on any atom is -0.353 e. The largest absolute Gasteiger partial charge is 0.417 e. The highest BCUT2D eigenvalue weighted by Gasteiger charge is 2.43. The molecule has 2 aliphatic heterocycles. The monoisotopic (exact) mass is 482 g/mol. The van der Waals surface area contributed by atoms with Crippen molar-refractivity contribution in [2.45, 2.75) is 31.0 Å². The molecule has 1 aromatic heterocycles. The van der Waals surface area contributed by atoms with Crippen molar-refractivity contribution in [3.63, 3.8) is 0 Å². The molecule has 33 heavy (non-hydrogen) atoms. The van der Waals surface area contributed by atoms with Gasteiger partial charge in [0.05, 0.1) is 11.1 Å². The zero-order chi connectivity index (χ0) is 24.1. The molecule has 2 aromatic rings. The standard InChI is InChI=1S/C21H21F3N4O4S/c1-13(2)28-20(30)16-5-3-14(11-17(16)33(28,31)32)19(29)27-9-7-26(8-10-27)18-6-4-15(12-25-18)21(22,23)24/h3-6,11-13H,7-10H2,1-2H3. The van der Waals surface area contributed by atoms with Gasteiger partial charge in [0, 0.05) is 44.0 Å². The number of carbonyl (C=O) groups is 2. The second-order valence-electron chi connectivity index (χ2n) is 8.09. The second kappa shape index (κ2) is 8.01. The molecule has 2 aliphatic rings. The van der Waals surface area contributed by atoms with E-state index in [-0.39, 0.29) is 35.0 Å². The molecule has 4 rings (SSSR count). The fraction of sp³-hybridized carbons (Fsp3) is 0.381. The molecule has 0 saturated carbocycles. The number of hydrogen-bond donors (Lipinski definition) is 0. The van der Waals surface area contributed by atoms with Gasteiger partial charge < -0.3 is 9.80 Å². The number of hydrogen-bond acceptors (Lipinski definition) is 6. The first-order valence-corrected chi connectivity index (χ1v) is 11.7. The molecule has 0 N–H and O–H groups in total. The van der Waals surface area contributed by atoms with Gasteiger partial charge in [-0.2, -0.15) is 13.2 Å². The lowest BCUT2D eigenvalue weighted by Gasteiger charge is -2.35. The van der Waals surface area contributed by atoms with Crippen LogP contribution >= 0.6 is 0 Å². The summed E-state index contributed by atoms with van der Waals surface area (Å²) in [7, 11) is -4.02. The van der Waals surface area contributed by atoms with Crippen LogP contribution in [0.4, 0.5) is 19.0 Å². The van der Waals surface area contributed by atoms with E-state index in [4.69, 9.17) is 0 Å². The molecule has 0 aliphatic carbocycles. The number of aromatic nitrogens is 1. The fourth-order valence-electron chi connectivity index (χ4n) is 3.95. The van der Waals surface area contributed by atoms with Gasteiger partial charge in [-0.25, -0.2) is 17.7 Å². The fourth-order valence-corrected chi connectivity index (χ4v) is 5.75. The van der Waals surface area contributed by atoms with Crippen molar-refractivity contribution in [3.05, 3.63) is 53.2 Å². The summed E-state index contributed by atoms with van der Waals surface area (Å²) in [6, 6.07) is 5.73. The van der Waals surface area contributed by atoms with Crippen molar-refractivity contribution < 1.29 is 31.2 Å². The number of fused-ring (bicyclic) bond motifs is 1. The number of benzene rings is 1. The number of sulfonamides is 1. The summed E-state index contributed by atoms with van der Waals surface area (Å²) in [6.45, 7) is 4.46. The van der Waals surface area contributed by atoms with Crippen LogP contribution in [-0.2, 0) is 16.2 Å². The van der Waals surface area contributed by atoms with Crippen LogP contribution in [0, 0.1) is 0 Å². The van der Waals surface area contributed by atoms with Crippen LogP contribution in [0.5, 0.6) is 0 Å². The van der Waals surface area contributed by atoms with Crippen LogP contribution in [-0.4, -0.2) is 66.6 Å². The van der Waals surface area contributed by atoms with Crippen molar-refractivity contribution in [2.75, 3.05) is 31.1 Å². The first-order chi connectivity index (χ1) is 15.4. The molecule has 1 aromatic carbocycles. The number of pyridine rings is 1. The molecule has 0 unspecified atom stereocenters. The summed E-state index contributed by atoms with van der Waals surface area (Å²) in [6.07, 6.45) is -3.68. The highest BCUT2D eigenvalue weighted by Crippen LogP contribution is 2.33. The number of piperazine rings is 1. The SMILES string of the molecule is CC(C)N1C(=O)c2ccc(C(=O)N3CCN(c4ccc(C(F)(F)F)cn4)CC3)cc2S1(=O)=O. The Labute approximate surface area is 188 Å². The van der Waals surface area contributed by atoms with Gasteiger partial charge in [-0.3, -0.25) is 9.59 Å². The zero-order valence-corrected chi connectivity index (χ0v) is 18.7. The van der Waals surface area contributed by atoms with Crippen LogP contribution in [0.15, 0.2) is 41.4 Å². The first-order valence-electron chi connectivity index (χ1n) is 10.2. The van der Waals surface area contributed by atoms with Gasteiger partial charge in [-0.05, 0) is 44.2 Å². The maximum Gasteiger partial charge on any atom is 0.417 e. The first kappa shape index (κ1) is 23.0. The molecule has 8 nitrogen and oxygen atoms in total. The van der Waals surface area contributed by atoms with Crippen LogP contribution in [0.1, 0.15) is 40.1 Å². The van der Waals surface area contributed by atoms with E-state index >= 15 is 0 Å². The molecular formula is C21H21F3N4O4S. The predicted molar refractivity (Wildman–Crippen MR) is 112 cm³/mol. The number of alkyl halides is 3. The predicted octanol–water partition coefficient (Wildman–Crippen LogP) is 2.62. The molecule has 0 spiro atoms. The summed E-state index contributed by atoms with van der Waals surface area (Å²) in [5.74, 6) is -0.619. The van der Waals surface area contributed by atoms with Gasteiger partial charge in [-0.1, -0.05) is 0 Å². The summed E-state index contributed by atoms with van der Waals surface area (Å²) in [4.78, 5) is 32.4. The maximum absolute atomic E-state index is 13.0. The molecule has 0 radical (unpaired) electrons. The topological polar surface area (TPSA) is 90.9 Å². The Morgan fingerprint density at radius 2 is 1.73 bits per heavy atom. The number of amides is 2. The quantitative estimate of drug-likeness (QED) is 0.668. The lowest BCUT2D eigenvalue weighted by atomic mass is 10.1. The van der Waals surface area contributed by atoms with E-state index in [2.05, 4.69) is 4.98 Å². The molecule has 0 bridgehead atoms. The number of carbonyl (C=O) groups excluding carboxylic acids is 2. The Morgan fingerprint density at radius 1 is 1.06 bits per heavy atom. The minimum absolute atomic E-state index is 0.0402. The summed E-state index contributed by atoms with van der Waals surface area (Å²) < 4.78 is 64.5. The van der Waals surface area contributed by atoms with Gasteiger partial charge in [0.1, 0.15) is 10.7 Å². The van der Waals surface area contributed by atoms with Crippen molar-refractivity contribution in [1.29, 1.82) is 0 Å². The average Bonchev–Trinajstić information content (AvgIpc) is 2.97. The number of halogens is 3. The van der Waals surface area contributed by atoms with E-state index in [1.165, 1.54) is 29.2 Å². The van der Waals surface area contributed by atoms with E-state index in [9.17, 15) is 31.2 Å². The molecular weight excluding hydrogens is 461 g/mol. The Balaban J connectivity index is 1.47. The summed E-state index contributed by atoms with van der Waals surface area (Å²) >= 11 is 0. The van der Waals surface area contributed by atoms with Crippen molar-refractivity contribution in [3.8, 4) is 0 Å². The van der Waals surface area contributed by atoms with E-state index in [0.717, 1.165) is 16.6 Å². The van der Waals surface area contributed by atoms with E-state index < -0.39 is 33.7 Å². The van der Waals surface area contributed by atoms with Crippen molar-refractivity contribution in [1.82, 2.24) is 14.2 Å². The second-order valence-corrected chi connectivity index (χ2v) is 9.88. The highest BCUT2D eigenvalue weighted by atomic mass is 32.2. The van der Waals surface area contributed by atoms with E-state index in [1.807, 2.05) is 0 Å². The maximum atomic E-state index is 13.0. The molecule has 3 heterocycles. The minimum atomic E-state index is -4.46. The van der Waals surface area contributed by atoms with Crippen LogP contribution in [0.2, 0.25) is 0 Å². The Hall–Kier alpha value is -3.15. The zero-order valence-electron chi connectivity index (χ0n) is 17.8. The summed E-state index contributed by atoms with van der Waals surface area (Å²) in [5, 5.41) is 0. The van der Waals surface area contributed by atoms with Gasteiger partial charge in [0.25, 0.3) is 21.8 Å². The Kier molecular flexibility index (Phi) is 5.59. The molecule has 12 heteroatoms. The molecule has 2 amide bonds. The third-order valence-electron chi connectivity index (χ3n) is 5.63. The number of anilines is 1. The Morgan fingerprint density at radius 3 is 2.27 bits per heavy atom. The Bertz CT molecular complexity index is 1210. The molecule has 176 valence electrons. The van der Waals surface area contributed by atoms with Gasteiger partial charge in [0.15, 0.2) is 0 Å². The van der Waals surface area contributed by atoms with Crippen molar-refractivity contribution in [2.24, 2.45) is 0 Å². The lowest BCUT2D eigenvalue weighted by Crippen LogP contribution is -2.49. The number of nitrogens with zero attached hydrogens (tertiary/aromatic N) is 4. The normalized spacial score (nSPS) is 18.1. The van der Waals surface area contributed by atoms with E-state index in [1.54, 1.807) is 18.7 Å². The third-order valence-corrected chi connectivity index (χ3v) is 7.63. The summed E-state index contributed by atoms with van der Waals surface area (Å²) in [5.41, 5.74) is -0.642. The third kappa shape index (κ3) is 4.03. The lowest BCUT2D eigenvalue weighted by molar-refractivity contribution is -0.137.